The van der Waals surface area contributed by atoms with Gasteiger partial charge in [-0.1, -0.05) is 22.0 Å². The minimum absolute atomic E-state index is 0.126. The van der Waals surface area contributed by atoms with Gasteiger partial charge in [-0.25, -0.2) is 4.79 Å². The van der Waals surface area contributed by atoms with E-state index in [2.05, 4.69) is 25.8 Å². The molecule has 0 heterocycles. The molecule has 0 bridgehead atoms. The topological polar surface area (TPSA) is 86.5 Å². The van der Waals surface area contributed by atoms with E-state index in [0.717, 1.165) is 5.56 Å². The molecule has 0 unspecified atom stereocenters. The van der Waals surface area contributed by atoms with Crippen molar-refractivity contribution in [1.82, 2.24) is 0 Å². The fourth-order valence-electron chi connectivity index (χ4n) is 0.885. The van der Waals surface area contributed by atoms with E-state index in [1.54, 1.807) is 13.0 Å². The molecule has 1 rings (SSSR count). The summed E-state index contributed by atoms with van der Waals surface area (Å²) in [6.45, 7) is 1.80. The Labute approximate surface area is 95.5 Å². The molecule has 1 amide bonds. The molecule has 5 nitrogen and oxygen atoms in total. The van der Waals surface area contributed by atoms with Crippen LogP contribution in [0.5, 0.6) is 0 Å². The van der Waals surface area contributed by atoms with Gasteiger partial charge in [-0.3, -0.25) is 0 Å². The number of hydrogen-bond donors (Lipinski definition) is 1. The van der Waals surface area contributed by atoms with Crippen LogP contribution in [0.1, 0.15) is 5.56 Å². The Kier molecular flexibility index (Phi) is 3.35. The van der Waals surface area contributed by atoms with Crippen molar-refractivity contribution in [3.8, 4) is 0 Å². The maximum absolute atomic E-state index is 11.4. The van der Waals surface area contributed by atoms with Gasteiger partial charge in [-0.2, -0.15) is 8.42 Å². The monoisotopic (exact) mass is 293 g/mol. The lowest BCUT2D eigenvalue weighted by Crippen LogP contribution is -2.18. The Morgan fingerprint density at radius 2 is 2.07 bits per heavy atom. The van der Waals surface area contributed by atoms with Gasteiger partial charge in [0, 0.05) is 4.47 Å². The first kappa shape index (κ1) is 12.0. The quantitative estimate of drug-likeness (QED) is 0.838. The predicted octanol–water partition coefficient (Wildman–Crippen LogP) is 1.54. The van der Waals surface area contributed by atoms with Gasteiger partial charge in [0.15, 0.2) is 0 Å². The number of amides is 1. The number of halogens is 1. The zero-order valence-electron chi connectivity index (χ0n) is 7.73. The fraction of sp³-hybridized carbons (Fsp3) is 0.125. The van der Waals surface area contributed by atoms with E-state index in [1.165, 1.54) is 12.1 Å². The maximum Gasteiger partial charge on any atom is 0.420 e. The SMILES string of the molecule is Cc1ccc(S(=O)(=O)OC(N)=O)cc1Br. The zero-order chi connectivity index (χ0) is 11.6. The smallest absolute Gasteiger partial charge is 0.334 e. The van der Waals surface area contributed by atoms with Gasteiger partial charge in [-0.05, 0) is 24.6 Å². The maximum atomic E-state index is 11.4. The highest BCUT2D eigenvalue weighted by Gasteiger charge is 2.18. The van der Waals surface area contributed by atoms with E-state index in [1.807, 2.05) is 0 Å². The van der Waals surface area contributed by atoms with E-state index in [0.29, 0.717) is 4.47 Å². The number of primary amides is 1. The highest BCUT2D eigenvalue weighted by atomic mass is 79.9. The summed E-state index contributed by atoms with van der Waals surface area (Å²) in [6, 6.07) is 4.26. The van der Waals surface area contributed by atoms with E-state index in [-0.39, 0.29) is 4.90 Å². The van der Waals surface area contributed by atoms with E-state index >= 15 is 0 Å². The van der Waals surface area contributed by atoms with Gasteiger partial charge in [0.1, 0.15) is 4.90 Å². The van der Waals surface area contributed by atoms with Crippen LogP contribution in [0.15, 0.2) is 27.6 Å². The molecule has 0 aliphatic heterocycles. The third kappa shape index (κ3) is 2.93. The highest BCUT2D eigenvalue weighted by molar-refractivity contribution is 9.10. The van der Waals surface area contributed by atoms with Crippen LogP contribution < -0.4 is 5.73 Å². The number of hydrogen-bond acceptors (Lipinski definition) is 4. The number of nitrogens with two attached hydrogens (primary N) is 1. The second-order valence-electron chi connectivity index (χ2n) is 2.77. The van der Waals surface area contributed by atoms with Gasteiger partial charge in [0.25, 0.3) is 0 Å². The van der Waals surface area contributed by atoms with E-state index in [4.69, 9.17) is 0 Å². The lowest BCUT2D eigenvalue weighted by Gasteiger charge is -2.04. The zero-order valence-corrected chi connectivity index (χ0v) is 10.1. The first-order chi connectivity index (χ1) is 6.83. The minimum atomic E-state index is -4.10. The van der Waals surface area contributed by atoms with Crippen LogP contribution in [-0.4, -0.2) is 14.5 Å². The molecule has 2 N–H and O–H groups in total. The van der Waals surface area contributed by atoms with Gasteiger partial charge >= 0.3 is 16.2 Å². The molecule has 0 fully saturated rings. The summed E-state index contributed by atoms with van der Waals surface area (Å²) in [6.07, 6.45) is -1.35. The molecule has 0 saturated heterocycles. The standard InChI is InChI=1S/C8H8BrNO4S/c1-5-2-3-6(4-7(5)9)15(12,13)14-8(10)11/h2-4H,1H3,(H2,10,11). The molecule has 82 valence electrons. The van der Waals surface area contributed by atoms with Crippen molar-refractivity contribution >= 4 is 32.1 Å². The van der Waals surface area contributed by atoms with Crippen molar-refractivity contribution in [2.45, 2.75) is 11.8 Å². The predicted molar refractivity (Wildman–Crippen MR) is 56.7 cm³/mol. The number of aryl methyl sites for hydroxylation is 1. The molecule has 0 spiro atoms. The average Bonchev–Trinajstić information content (AvgIpc) is 2.07. The van der Waals surface area contributed by atoms with Gasteiger partial charge in [0.05, 0.1) is 0 Å². The summed E-state index contributed by atoms with van der Waals surface area (Å²) in [4.78, 5) is 10.2. The molecule has 0 radical (unpaired) electrons. The number of carbonyl (C=O) groups is 1. The molecule has 0 atom stereocenters. The Morgan fingerprint density at radius 1 is 1.47 bits per heavy atom. The Balaban J connectivity index is 3.17. The molecule has 1 aromatic carbocycles. The molecule has 0 saturated carbocycles. The summed E-state index contributed by atoms with van der Waals surface area (Å²) < 4.78 is 27.3. The molecule has 0 aromatic heterocycles. The van der Waals surface area contributed by atoms with Crippen LogP contribution in [-0.2, 0) is 14.3 Å². The highest BCUT2D eigenvalue weighted by Crippen LogP contribution is 2.21. The van der Waals surface area contributed by atoms with Crippen molar-refractivity contribution in [3.05, 3.63) is 28.2 Å². The Hall–Kier alpha value is -1.08. The first-order valence-electron chi connectivity index (χ1n) is 3.83. The number of carbonyl (C=O) groups excluding carboxylic acids is 1. The first-order valence-corrected chi connectivity index (χ1v) is 6.03. The van der Waals surface area contributed by atoms with Gasteiger partial charge in [0.2, 0.25) is 0 Å². The Morgan fingerprint density at radius 3 is 2.53 bits per heavy atom. The molecule has 1 aromatic rings. The van der Waals surface area contributed by atoms with Crippen molar-refractivity contribution in [2.24, 2.45) is 5.73 Å². The van der Waals surface area contributed by atoms with E-state index in [9.17, 15) is 13.2 Å². The van der Waals surface area contributed by atoms with Crippen molar-refractivity contribution in [1.29, 1.82) is 0 Å². The lowest BCUT2D eigenvalue weighted by molar-refractivity contribution is 0.212. The summed E-state index contributed by atoms with van der Waals surface area (Å²) in [7, 11) is -4.10. The van der Waals surface area contributed by atoms with Crippen molar-refractivity contribution in [3.63, 3.8) is 0 Å². The molecule has 15 heavy (non-hydrogen) atoms. The average molecular weight is 294 g/mol. The second-order valence-corrected chi connectivity index (χ2v) is 5.17. The van der Waals surface area contributed by atoms with Gasteiger partial charge < -0.3 is 9.92 Å². The van der Waals surface area contributed by atoms with E-state index < -0.39 is 16.2 Å². The van der Waals surface area contributed by atoms with Crippen LogP contribution in [0.2, 0.25) is 0 Å². The third-order valence-corrected chi connectivity index (χ3v) is 3.69. The molecule has 0 aliphatic rings. The van der Waals surface area contributed by atoms with Crippen LogP contribution in [0, 0.1) is 6.92 Å². The summed E-state index contributed by atoms with van der Waals surface area (Å²) >= 11 is 3.17. The van der Waals surface area contributed by atoms with Crippen LogP contribution in [0.4, 0.5) is 4.79 Å². The second kappa shape index (κ2) is 4.19. The Bertz CT molecular complexity index is 497. The minimum Gasteiger partial charge on any atom is -0.334 e. The van der Waals surface area contributed by atoms with Crippen LogP contribution >= 0.6 is 15.9 Å². The largest absolute Gasteiger partial charge is 0.420 e. The molecule has 0 aliphatic carbocycles. The lowest BCUT2D eigenvalue weighted by atomic mass is 10.2. The molecular weight excluding hydrogens is 286 g/mol. The summed E-state index contributed by atoms with van der Waals surface area (Å²) in [5.41, 5.74) is 5.50. The third-order valence-electron chi connectivity index (χ3n) is 1.62. The van der Waals surface area contributed by atoms with Gasteiger partial charge in [-0.15, -0.1) is 0 Å². The van der Waals surface area contributed by atoms with Crippen molar-refractivity contribution < 1.29 is 17.4 Å². The number of rotatable bonds is 2. The fourth-order valence-corrected chi connectivity index (χ4v) is 2.23. The molecule has 7 heteroatoms. The number of benzene rings is 1. The van der Waals surface area contributed by atoms with Crippen LogP contribution in [0.3, 0.4) is 0 Å². The summed E-state index contributed by atoms with van der Waals surface area (Å²) in [5.74, 6) is 0. The van der Waals surface area contributed by atoms with Crippen LogP contribution in [0.25, 0.3) is 0 Å². The van der Waals surface area contributed by atoms with Crippen molar-refractivity contribution in [2.75, 3.05) is 0 Å². The summed E-state index contributed by atoms with van der Waals surface area (Å²) in [5, 5.41) is 0. The normalized spacial score (nSPS) is 11.1. The molecular formula is C8H8BrNO4S.